The van der Waals surface area contributed by atoms with Crippen LogP contribution in [-0.4, -0.2) is 17.3 Å². The van der Waals surface area contributed by atoms with Gasteiger partial charge >= 0.3 is 0 Å². The van der Waals surface area contributed by atoms with Gasteiger partial charge in [-0.1, -0.05) is 56.1 Å². The number of alkyl halides is 1. The van der Waals surface area contributed by atoms with E-state index in [9.17, 15) is 4.79 Å². The third kappa shape index (κ3) is 1.88. The van der Waals surface area contributed by atoms with Crippen molar-refractivity contribution in [1.29, 1.82) is 0 Å². The van der Waals surface area contributed by atoms with E-state index >= 15 is 0 Å². The summed E-state index contributed by atoms with van der Waals surface area (Å²) in [6, 6.07) is 12.2. The summed E-state index contributed by atoms with van der Waals surface area (Å²) in [5.74, 6) is 0.155. The van der Waals surface area contributed by atoms with Crippen LogP contribution in [0.2, 0.25) is 0 Å². The third-order valence-corrected chi connectivity index (χ3v) is 4.82. The van der Waals surface area contributed by atoms with E-state index in [4.69, 9.17) is 0 Å². The van der Waals surface area contributed by atoms with E-state index < -0.39 is 0 Å². The van der Waals surface area contributed by atoms with Crippen LogP contribution < -0.4 is 4.90 Å². The highest BCUT2D eigenvalue weighted by Crippen LogP contribution is 2.35. The average molecular weight is 369 g/mol. The molecule has 0 bridgehead atoms. The van der Waals surface area contributed by atoms with Crippen molar-refractivity contribution in [2.24, 2.45) is 0 Å². The summed E-state index contributed by atoms with van der Waals surface area (Å²) in [6.45, 7) is 0.778. The molecule has 0 radical (unpaired) electrons. The highest BCUT2D eigenvalue weighted by molar-refractivity contribution is 9.10. The average Bonchev–Trinajstić information content (AvgIpc) is 2.71. The van der Waals surface area contributed by atoms with E-state index in [1.807, 2.05) is 29.2 Å². The monoisotopic (exact) mass is 367 g/mol. The Morgan fingerprint density at radius 3 is 2.50 bits per heavy atom. The number of rotatable bonds is 1. The molecular formula is C14H11Br2NO. The maximum Gasteiger partial charge on any atom is 0.240 e. The van der Waals surface area contributed by atoms with Gasteiger partial charge in [0, 0.05) is 16.4 Å². The standard InChI is InChI=1S/C14H11Br2NO/c15-11-5-6-13(10-4-2-1-3-9(10)11)17-8-7-12(16)14(17)18/h1-6,12H,7-8H2. The van der Waals surface area contributed by atoms with Crippen molar-refractivity contribution in [1.82, 2.24) is 0 Å². The zero-order valence-electron chi connectivity index (χ0n) is 9.57. The number of benzene rings is 2. The fraction of sp³-hybridized carbons (Fsp3) is 0.214. The summed E-state index contributed by atoms with van der Waals surface area (Å²) in [7, 11) is 0. The quantitative estimate of drug-likeness (QED) is 0.694. The van der Waals surface area contributed by atoms with Crippen molar-refractivity contribution in [3.8, 4) is 0 Å². The van der Waals surface area contributed by atoms with Crippen molar-refractivity contribution in [3.63, 3.8) is 0 Å². The molecule has 1 saturated heterocycles. The molecule has 92 valence electrons. The number of carbonyl (C=O) groups excluding carboxylic acids is 1. The van der Waals surface area contributed by atoms with Gasteiger partial charge in [0.2, 0.25) is 5.91 Å². The minimum Gasteiger partial charge on any atom is -0.311 e. The molecule has 2 nitrogen and oxygen atoms in total. The van der Waals surface area contributed by atoms with E-state index in [-0.39, 0.29) is 10.7 Å². The van der Waals surface area contributed by atoms with Gasteiger partial charge in [0.25, 0.3) is 0 Å². The molecule has 1 unspecified atom stereocenters. The first kappa shape index (κ1) is 12.2. The molecule has 18 heavy (non-hydrogen) atoms. The molecule has 0 N–H and O–H groups in total. The largest absolute Gasteiger partial charge is 0.311 e. The second kappa shape index (κ2) is 4.67. The summed E-state index contributed by atoms with van der Waals surface area (Å²) in [5, 5.41) is 2.25. The van der Waals surface area contributed by atoms with Gasteiger partial charge in [-0.15, -0.1) is 0 Å². The number of nitrogens with zero attached hydrogens (tertiary/aromatic N) is 1. The molecule has 2 aromatic carbocycles. The second-order valence-corrected chi connectivity index (χ2v) is 6.32. The Morgan fingerprint density at radius 2 is 1.83 bits per heavy atom. The van der Waals surface area contributed by atoms with E-state index in [0.29, 0.717) is 0 Å². The fourth-order valence-electron chi connectivity index (χ4n) is 2.37. The normalized spacial score (nSPS) is 19.8. The van der Waals surface area contributed by atoms with Gasteiger partial charge in [-0.3, -0.25) is 4.79 Å². The lowest BCUT2D eigenvalue weighted by Gasteiger charge is -2.19. The lowest BCUT2D eigenvalue weighted by Crippen LogP contribution is -2.27. The highest BCUT2D eigenvalue weighted by Gasteiger charge is 2.31. The van der Waals surface area contributed by atoms with E-state index in [1.54, 1.807) is 0 Å². The highest BCUT2D eigenvalue weighted by atomic mass is 79.9. The maximum absolute atomic E-state index is 12.1. The van der Waals surface area contributed by atoms with Crippen LogP contribution >= 0.6 is 31.9 Å². The molecule has 0 aromatic heterocycles. The lowest BCUT2D eigenvalue weighted by molar-refractivity contribution is -0.116. The van der Waals surface area contributed by atoms with Gasteiger partial charge in [-0.05, 0) is 23.9 Å². The van der Waals surface area contributed by atoms with Crippen molar-refractivity contribution < 1.29 is 4.79 Å². The van der Waals surface area contributed by atoms with Gasteiger partial charge < -0.3 is 4.90 Å². The van der Waals surface area contributed by atoms with Gasteiger partial charge in [0.15, 0.2) is 0 Å². The van der Waals surface area contributed by atoms with Crippen molar-refractivity contribution in [2.45, 2.75) is 11.2 Å². The molecule has 1 aliphatic rings. The molecule has 4 heteroatoms. The molecule has 1 heterocycles. The molecule has 1 aliphatic heterocycles. The number of hydrogen-bond donors (Lipinski definition) is 0. The zero-order valence-corrected chi connectivity index (χ0v) is 12.7. The van der Waals surface area contributed by atoms with Crippen molar-refractivity contribution >= 4 is 54.2 Å². The fourth-order valence-corrected chi connectivity index (χ4v) is 3.30. The minimum atomic E-state index is -0.0418. The Bertz CT molecular complexity index is 626. The molecular weight excluding hydrogens is 358 g/mol. The molecule has 0 spiro atoms. The molecule has 0 saturated carbocycles. The Kier molecular flexibility index (Phi) is 3.16. The molecule has 0 aliphatic carbocycles. The molecule has 1 fully saturated rings. The van der Waals surface area contributed by atoms with Crippen LogP contribution in [0.25, 0.3) is 10.8 Å². The van der Waals surface area contributed by atoms with Gasteiger partial charge in [-0.25, -0.2) is 0 Å². The Labute approximate surface area is 122 Å². The van der Waals surface area contributed by atoms with Crippen LogP contribution in [0.15, 0.2) is 40.9 Å². The van der Waals surface area contributed by atoms with Crippen LogP contribution in [0, 0.1) is 0 Å². The zero-order chi connectivity index (χ0) is 12.7. The Hall–Kier alpha value is -0.870. The van der Waals surface area contributed by atoms with E-state index in [0.717, 1.165) is 33.9 Å². The first-order valence-corrected chi connectivity index (χ1v) is 7.52. The predicted molar refractivity (Wildman–Crippen MR) is 81.3 cm³/mol. The van der Waals surface area contributed by atoms with Crippen molar-refractivity contribution in [2.75, 3.05) is 11.4 Å². The van der Waals surface area contributed by atoms with Crippen molar-refractivity contribution in [3.05, 3.63) is 40.9 Å². The van der Waals surface area contributed by atoms with Crippen LogP contribution in [-0.2, 0) is 4.79 Å². The number of hydrogen-bond acceptors (Lipinski definition) is 1. The summed E-state index contributed by atoms with van der Waals surface area (Å²) in [6.07, 6.45) is 0.864. The van der Waals surface area contributed by atoms with Crippen LogP contribution in [0.1, 0.15) is 6.42 Å². The molecule has 1 atom stereocenters. The number of amides is 1. The minimum absolute atomic E-state index is 0.0418. The Morgan fingerprint density at radius 1 is 1.11 bits per heavy atom. The SMILES string of the molecule is O=C1C(Br)CCN1c1ccc(Br)c2ccccc12. The first-order valence-electron chi connectivity index (χ1n) is 5.81. The van der Waals surface area contributed by atoms with E-state index in [2.05, 4.69) is 44.0 Å². The Balaban J connectivity index is 2.19. The maximum atomic E-state index is 12.1. The van der Waals surface area contributed by atoms with Gasteiger partial charge in [0.05, 0.1) is 10.5 Å². The number of carbonyl (C=O) groups is 1. The second-order valence-electron chi connectivity index (χ2n) is 4.36. The lowest BCUT2D eigenvalue weighted by atomic mass is 10.1. The van der Waals surface area contributed by atoms with E-state index in [1.165, 1.54) is 0 Å². The van der Waals surface area contributed by atoms with Crippen LogP contribution in [0.4, 0.5) is 5.69 Å². The summed E-state index contributed by atoms with van der Waals surface area (Å²) >= 11 is 6.97. The summed E-state index contributed by atoms with van der Waals surface area (Å²) in [4.78, 5) is 13.9. The van der Waals surface area contributed by atoms with Gasteiger partial charge in [0.1, 0.15) is 0 Å². The summed E-state index contributed by atoms with van der Waals surface area (Å²) in [5.41, 5.74) is 1.00. The summed E-state index contributed by atoms with van der Waals surface area (Å²) < 4.78 is 1.06. The van der Waals surface area contributed by atoms with Crippen LogP contribution in [0.5, 0.6) is 0 Å². The first-order chi connectivity index (χ1) is 8.68. The number of halogens is 2. The molecule has 3 rings (SSSR count). The number of fused-ring (bicyclic) bond motifs is 1. The van der Waals surface area contributed by atoms with Gasteiger partial charge in [-0.2, -0.15) is 0 Å². The number of anilines is 1. The topological polar surface area (TPSA) is 20.3 Å². The molecule has 1 amide bonds. The molecule has 2 aromatic rings. The predicted octanol–water partition coefficient (Wildman–Crippen LogP) is 4.10. The smallest absolute Gasteiger partial charge is 0.240 e. The van der Waals surface area contributed by atoms with Crippen LogP contribution in [0.3, 0.4) is 0 Å². The third-order valence-electron chi connectivity index (χ3n) is 3.28.